The van der Waals surface area contributed by atoms with Crippen molar-refractivity contribution in [1.82, 2.24) is 0 Å². The zero-order valence-corrected chi connectivity index (χ0v) is 14.1. The van der Waals surface area contributed by atoms with E-state index in [1.165, 1.54) is 37.7 Å². The standard InChI is InChI=1S/C19H28N2O/c1-4-21-16-11-10-14(12-15(16)19(2,3)18(21)22)17(20)13-8-6-5-7-9-13/h10-13,17H,4-9,20H2,1-3H3. The third-order valence-corrected chi connectivity index (χ3v) is 5.62. The first-order valence-corrected chi connectivity index (χ1v) is 8.68. The van der Waals surface area contributed by atoms with Crippen molar-refractivity contribution in [3.8, 4) is 0 Å². The Hall–Kier alpha value is -1.35. The second kappa shape index (κ2) is 5.69. The number of fused-ring (bicyclic) bond motifs is 1. The summed E-state index contributed by atoms with van der Waals surface area (Å²) in [5.41, 5.74) is 9.53. The van der Waals surface area contributed by atoms with Crippen LogP contribution in [0.4, 0.5) is 5.69 Å². The molecule has 120 valence electrons. The maximum Gasteiger partial charge on any atom is 0.237 e. The van der Waals surface area contributed by atoms with Crippen molar-refractivity contribution in [3.05, 3.63) is 29.3 Å². The SMILES string of the molecule is CCN1C(=O)C(C)(C)c2cc(C(N)C3CCCCC3)ccc21. The maximum absolute atomic E-state index is 12.6. The smallest absolute Gasteiger partial charge is 0.237 e. The molecule has 0 aromatic heterocycles. The molecule has 0 saturated heterocycles. The first-order valence-electron chi connectivity index (χ1n) is 8.68. The van der Waals surface area contributed by atoms with Crippen molar-refractivity contribution in [2.45, 2.75) is 64.3 Å². The summed E-state index contributed by atoms with van der Waals surface area (Å²) in [5.74, 6) is 0.794. The number of nitrogens with zero attached hydrogens (tertiary/aromatic N) is 1. The van der Waals surface area contributed by atoms with Gasteiger partial charge in [0.2, 0.25) is 5.91 Å². The average molecular weight is 300 g/mol. The van der Waals surface area contributed by atoms with Gasteiger partial charge in [0.1, 0.15) is 0 Å². The fraction of sp³-hybridized carbons (Fsp3) is 0.632. The summed E-state index contributed by atoms with van der Waals surface area (Å²) in [6.07, 6.45) is 6.43. The predicted molar refractivity (Wildman–Crippen MR) is 91.0 cm³/mol. The first-order chi connectivity index (χ1) is 10.5. The first kappa shape index (κ1) is 15.5. The fourth-order valence-electron chi connectivity index (χ4n) is 4.14. The summed E-state index contributed by atoms with van der Waals surface area (Å²) in [4.78, 5) is 14.5. The quantitative estimate of drug-likeness (QED) is 0.920. The summed E-state index contributed by atoms with van der Waals surface area (Å²) in [5, 5.41) is 0. The minimum absolute atomic E-state index is 0.104. The normalized spacial score (nSPS) is 22.7. The lowest BCUT2D eigenvalue weighted by atomic mass is 9.79. The van der Waals surface area contributed by atoms with E-state index in [2.05, 4.69) is 18.2 Å². The van der Waals surface area contributed by atoms with Crippen molar-refractivity contribution in [1.29, 1.82) is 0 Å². The number of hydrogen-bond donors (Lipinski definition) is 1. The lowest BCUT2D eigenvalue weighted by molar-refractivity contribution is -0.122. The maximum atomic E-state index is 12.6. The molecule has 3 rings (SSSR count). The highest BCUT2D eigenvalue weighted by Gasteiger charge is 2.43. The Bertz CT molecular complexity index is 573. The van der Waals surface area contributed by atoms with E-state index in [4.69, 9.17) is 5.73 Å². The second-order valence-electron chi connectivity index (χ2n) is 7.37. The third kappa shape index (κ3) is 2.36. The number of amides is 1. The van der Waals surface area contributed by atoms with Gasteiger partial charge in [-0.2, -0.15) is 0 Å². The van der Waals surface area contributed by atoms with Crippen molar-refractivity contribution >= 4 is 11.6 Å². The van der Waals surface area contributed by atoms with Gasteiger partial charge in [-0.05, 0) is 56.7 Å². The molecule has 0 radical (unpaired) electrons. The number of rotatable bonds is 3. The molecule has 1 aromatic rings. The Kier molecular flexibility index (Phi) is 4.02. The molecule has 1 aliphatic carbocycles. The van der Waals surface area contributed by atoms with Crippen LogP contribution in [0.15, 0.2) is 18.2 Å². The van der Waals surface area contributed by atoms with Gasteiger partial charge in [0, 0.05) is 18.3 Å². The Morgan fingerprint density at radius 3 is 2.59 bits per heavy atom. The van der Waals surface area contributed by atoms with Crippen LogP contribution < -0.4 is 10.6 Å². The minimum Gasteiger partial charge on any atom is -0.324 e. The monoisotopic (exact) mass is 300 g/mol. The average Bonchev–Trinajstić information content (AvgIpc) is 2.74. The van der Waals surface area contributed by atoms with Gasteiger partial charge in [-0.25, -0.2) is 0 Å². The van der Waals surface area contributed by atoms with E-state index in [1.807, 2.05) is 25.7 Å². The van der Waals surface area contributed by atoms with Gasteiger partial charge in [-0.1, -0.05) is 31.4 Å². The highest BCUT2D eigenvalue weighted by atomic mass is 16.2. The van der Waals surface area contributed by atoms with E-state index in [-0.39, 0.29) is 11.9 Å². The fourth-order valence-corrected chi connectivity index (χ4v) is 4.14. The number of nitrogens with two attached hydrogens (primary N) is 1. The predicted octanol–water partition coefficient (Wildman–Crippen LogP) is 3.91. The number of likely N-dealkylation sites (N-methyl/N-ethyl adjacent to an activating group) is 1. The molecular weight excluding hydrogens is 272 g/mol. The van der Waals surface area contributed by atoms with Gasteiger partial charge < -0.3 is 10.6 Å². The molecule has 1 fully saturated rings. The van der Waals surface area contributed by atoms with E-state index in [0.29, 0.717) is 5.92 Å². The van der Waals surface area contributed by atoms with Gasteiger partial charge in [0.15, 0.2) is 0 Å². The van der Waals surface area contributed by atoms with Crippen molar-refractivity contribution in [2.75, 3.05) is 11.4 Å². The topological polar surface area (TPSA) is 46.3 Å². The van der Waals surface area contributed by atoms with Gasteiger partial charge in [-0.15, -0.1) is 0 Å². The molecule has 1 aromatic carbocycles. The molecule has 3 heteroatoms. The molecule has 1 amide bonds. The van der Waals surface area contributed by atoms with Crippen molar-refractivity contribution in [3.63, 3.8) is 0 Å². The lowest BCUT2D eigenvalue weighted by Gasteiger charge is -2.28. The largest absolute Gasteiger partial charge is 0.324 e. The number of anilines is 1. The summed E-state index contributed by atoms with van der Waals surface area (Å²) in [6.45, 7) is 6.81. The second-order valence-corrected chi connectivity index (χ2v) is 7.37. The van der Waals surface area contributed by atoms with Crippen molar-refractivity contribution in [2.24, 2.45) is 11.7 Å². The molecule has 2 N–H and O–H groups in total. The Morgan fingerprint density at radius 1 is 1.27 bits per heavy atom. The van der Waals surface area contributed by atoms with E-state index in [0.717, 1.165) is 17.8 Å². The molecule has 0 bridgehead atoms. The van der Waals surface area contributed by atoms with Crippen LogP contribution >= 0.6 is 0 Å². The zero-order chi connectivity index (χ0) is 15.9. The van der Waals surface area contributed by atoms with E-state index >= 15 is 0 Å². The van der Waals surface area contributed by atoms with Crippen LogP contribution in [-0.4, -0.2) is 12.5 Å². The summed E-state index contributed by atoms with van der Waals surface area (Å²) >= 11 is 0. The Labute approximate surface area is 133 Å². The van der Waals surface area contributed by atoms with Crippen LogP contribution in [0.2, 0.25) is 0 Å². The number of hydrogen-bond acceptors (Lipinski definition) is 2. The number of carbonyl (C=O) groups excluding carboxylic acids is 1. The Morgan fingerprint density at radius 2 is 1.95 bits per heavy atom. The molecule has 1 heterocycles. The molecule has 1 aliphatic heterocycles. The molecule has 1 unspecified atom stereocenters. The van der Waals surface area contributed by atoms with E-state index in [9.17, 15) is 4.79 Å². The molecule has 2 aliphatic rings. The van der Waals surface area contributed by atoms with Gasteiger partial charge >= 0.3 is 0 Å². The molecule has 0 spiro atoms. The van der Waals surface area contributed by atoms with Crippen LogP contribution in [0.1, 0.15) is 70.0 Å². The molecule has 22 heavy (non-hydrogen) atoms. The van der Waals surface area contributed by atoms with Gasteiger partial charge in [0.05, 0.1) is 5.41 Å². The summed E-state index contributed by atoms with van der Waals surface area (Å²) in [6, 6.07) is 6.54. The molecule has 1 saturated carbocycles. The third-order valence-electron chi connectivity index (χ3n) is 5.62. The molecule has 3 nitrogen and oxygen atoms in total. The van der Waals surface area contributed by atoms with Crippen molar-refractivity contribution < 1.29 is 4.79 Å². The Balaban J connectivity index is 1.94. The summed E-state index contributed by atoms with van der Waals surface area (Å²) in [7, 11) is 0. The minimum atomic E-state index is -0.437. The lowest BCUT2D eigenvalue weighted by Crippen LogP contribution is -2.35. The van der Waals surface area contributed by atoms with Crippen LogP contribution in [0.25, 0.3) is 0 Å². The van der Waals surface area contributed by atoms with Gasteiger partial charge in [0.25, 0.3) is 0 Å². The van der Waals surface area contributed by atoms with Crippen LogP contribution in [0.5, 0.6) is 0 Å². The highest BCUT2D eigenvalue weighted by molar-refractivity contribution is 6.07. The molecular formula is C19H28N2O. The van der Waals surface area contributed by atoms with E-state index < -0.39 is 5.41 Å². The van der Waals surface area contributed by atoms with E-state index in [1.54, 1.807) is 0 Å². The van der Waals surface area contributed by atoms with Gasteiger partial charge in [-0.3, -0.25) is 4.79 Å². The van der Waals surface area contributed by atoms with Crippen LogP contribution in [0.3, 0.4) is 0 Å². The zero-order valence-electron chi connectivity index (χ0n) is 14.1. The number of benzene rings is 1. The summed E-state index contributed by atoms with van der Waals surface area (Å²) < 4.78 is 0. The van der Waals surface area contributed by atoms with Crippen LogP contribution in [-0.2, 0) is 10.2 Å². The van der Waals surface area contributed by atoms with Crippen LogP contribution in [0, 0.1) is 5.92 Å². The number of carbonyl (C=O) groups is 1. The highest BCUT2D eigenvalue weighted by Crippen LogP contribution is 2.43. The molecule has 1 atom stereocenters.